The molecule has 1 aliphatic carbocycles. The van der Waals surface area contributed by atoms with E-state index in [9.17, 15) is 0 Å². The van der Waals surface area contributed by atoms with Crippen LogP contribution in [0.25, 0.3) is 5.57 Å². The van der Waals surface area contributed by atoms with Gasteiger partial charge in [0.05, 0.1) is 0 Å². The molecule has 2 N–H and O–H groups in total. The SMILES string of the molecule is CC(C)C1(C)C=C(c2ccccc2)c2ccsc2C1N. The zero-order valence-electron chi connectivity index (χ0n) is 12.3. The van der Waals surface area contributed by atoms with Crippen molar-refractivity contribution in [1.82, 2.24) is 0 Å². The van der Waals surface area contributed by atoms with E-state index in [1.807, 2.05) is 0 Å². The van der Waals surface area contributed by atoms with E-state index in [1.165, 1.54) is 21.6 Å². The van der Waals surface area contributed by atoms with E-state index in [0.29, 0.717) is 5.92 Å². The maximum Gasteiger partial charge on any atom is 0.0488 e. The summed E-state index contributed by atoms with van der Waals surface area (Å²) in [6.07, 6.45) is 2.40. The summed E-state index contributed by atoms with van der Waals surface area (Å²) in [5.41, 5.74) is 10.5. The van der Waals surface area contributed by atoms with Gasteiger partial charge < -0.3 is 5.73 Å². The van der Waals surface area contributed by atoms with Gasteiger partial charge in [0, 0.05) is 16.3 Å². The Morgan fingerprint density at radius 1 is 1.15 bits per heavy atom. The molecular formula is C18H21NS. The molecule has 0 amide bonds. The zero-order valence-corrected chi connectivity index (χ0v) is 13.1. The summed E-state index contributed by atoms with van der Waals surface area (Å²) in [5, 5.41) is 2.16. The minimum absolute atomic E-state index is 0.00300. The van der Waals surface area contributed by atoms with Gasteiger partial charge in [0.1, 0.15) is 0 Å². The third-order valence-corrected chi connectivity index (χ3v) is 5.72. The monoisotopic (exact) mass is 283 g/mol. The molecule has 3 rings (SSSR count). The topological polar surface area (TPSA) is 26.0 Å². The molecule has 1 heterocycles. The average Bonchev–Trinajstić information content (AvgIpc) is 2.93. The molecule has 2 atom stereocenters. The summed E-state index contributed by atoms with van der Waals surface area (Å²) in [5.74, 6) is 0.506. The smallest absolute Gasteiger partial charge is 0.0488 e. The molecule has 0 radical (unpaired) electrons. The average molecular weight is 283 g/mol. The van der Waals surface area contributed by atoms with Gasteiger partial charge in [0.15, 0.2) is 0 Å². The maximum atomic E-state index is 6.58. The summed E-state index contributed by atoms with van der Waals surface area (Å²) in [6, 6.07) is 12.9. The molecule has 0 spiro atoms. The van der Waals surface area contributed by atoms with Gasteiger partial charge in [0.2, 0.25) is 0 Å². The summed E-state index contributed by atoms with van der Waals surface area (Å²) < 4.78 is 0. The van der Waals surface area contributed by atoms with E-state index in [4.69, 9.17) is 5.73 Å². The lowest BCUT2D eigenvalue weighted by Crippen LogP contribution is -2.37. The molecule has 0 bridgehead atoms. The van der Waals surface area contributed by atoms with Crippen molar-refractivity contribution in [1.29, 1.82) is 0 Å². The van der Waals surface area contributed by atoms with Crippen molar-refractivity contribution in [2.24, 2.45) is 17.1 Å². The van der Waals surface area contributed by atoms with Crippen molar-refractivity contribution in [3.8, 4) is 0 Å². The Bertz CT molecular complexity index is 638. The molecule has 1 aromatic carbocycles. The van der Waals surface area contributed by atoms with Crippen molar-refractivity contribution in [3.63, 3.8) is 0 Å². The minimum atomic E-state index is 0.00300. The Morgan fingerprint density at radius 2 is 1.85 bits per heavy atom. The van der Waals surface area contributed by atoms with E-state index in [1.54, 1.807) is 11.3 Å². The molecule has 1 nitrogen and oxygen atoms in total. The quantitative estimate of drug-likeness (QED) is 0.837. The Hall–Kier alpha value is -1.38. The first-order valence-electron chi connectivity index (χ1n) is 7.15. The largest absolute Gasteiger partial charge is 0.323 e. The van der Waals surface area contributed by atoms with Gasteiger partial charge in [-0.1, -0.05) is 57.2 Å². The van der Waals surface area contributed by atoms with Crippen LogP contribution in [0, 0.1) is 11.3 Å². The van der Waals surface area contributed by atoms with Crippen molar-refractivity contribution < 1.29 is 0 Å². The lowest BCUT2D eigenvalue weighted by atomic mass is 9.67. The number of nitrogens with two attached hydrogens (primary N) is 1. The number of thiophene rings is 1. The van der Waals surface area contributed by atoms with Crippen LogP contribution in [0.15, 0.2) is 47.9 Å². The lowest BCUT2D eigenvalue weighted by Gasteiger charge is -2.40. The lowest BCUT2D eigenvalue weighted by molar-refractivity contribution is 0.239. The summed E-state index contributed by atoms with van der Waals surface area (Å²) >= 11 is 1.79. The molecule has 20 heavy (non-hydrogen) atoms. The van der Waals surface area contributed by atoms with Gasteiger partial charge in [-0.25, -0.2) is 0 Å². The zero-order chi connectivity index (χ0) is 14.3. The minimum Gasteiger partial charge on any atom is -0.323 e. The van der Waals surface area contributed by atoms with Crippen molar-refractivity contribution >= 4 is 16.9 Å². The van der Waals surface area contributed by atoms with E-state index in [-0.39, 0.29) is 11.5 Å². The van der Waals surface area contributed by atoms with Gasteiger partial charge in [0.25, 0.3) is 0 Å². The number of hydrogen-bond donors (Lipinski definition) is 1. The number of rotatable bonds is 2. The molecule has 0 saturated heterocycles. The van der Waals surface area contributed by atoms with Gasteiger partial charge in [-0.15, -0.1) is 11.3 Å². The Kier molecular flexibility index (Phi) is 3.31. The molecular weight excluding hydrogens is 262 g/mol. The molecule has 2 unspecified atom stereocenters. The molecule has 1 aromatic heterocycles. The van der Waals surface area contributed by atoms with Crippen LogP contribution in [0.3, 0.4) is 0 Å². The van der Waals surface area contributed by atoms with Gasteiger partial charge in [-0.3, -0.25) is 0 Å². The van der Waals surface area contributed by atoms with E-state index >= 15 is 0 Å². The number of hydrogen-bond acceptors (Lipinski definition) is 2. The molecule has 1 aliphatic rings. The second kappa shape index (κ2) is 4.87. The third kappa shape index (κ3) is 1.95. The molecule has 0 aliphatic heterocycles. The Morgan fingerprint density at radius 3 is 2.50 bits per heavy atom. The fourth-order valence-corrected chi connectivity index (χ4v) is 3.98. The van der Waals surface area contributed by atoms with E-state index in [0.717, 1.165) is 0 Å². The van der Waals surface area contributed by atoms with Crippen LogP contribution in [0.1, 0.15) is 42.8 Å². The van der Waals surface area contributed by atoms with Gasteiger partial charge in [-0.2, -0.15) is 0 Å². The van der Waals surface area contributed by atoms with Crippen LogP contribution in [-0.4, -0.2) is 0 Å². The standard InChI is InChI=1S/C18H21NS/c1-12(2)18(3)11-15(13-7-5-4-6-8-13)14-9-10-20-16(14)17(18)19/h4-12,17H,19H2,1-3H3. The first-order valence-corrected chi connectivity index (χ1v) is 8.03. The van der Waals surface area contributed by atoms with Crippen molar-refractivity contribution in [2.75, 3.05) is 0 Å². The predicted molar refractivity (Wildman–Crippen MR) is 87.7 cm³/mol. The highest BCUT2D eigenvalue weighted by atomic mass is 32.1. The summed E-state index contributed by atoms with van der Waals surface area (Å²) in [7, 11) is 0. The van der Waals surface area contributed by atoms with Crippen molar-refractivity contribution in [2.45, 2.75) is 26.8 Å². The number of fused-ring (bicyclic) bond motifs is 1. The highest BCUT2D eigenvalue weighted by molar-refractivity contribution is 7.10. The summed E-state index contributed by atoms with van der Waals surface area (Å²) in [6.45, 7) is 6.81. The van der Waals surface area contributed by atoms with Gasteiger partial charge >= 0.3 is 0 Å². The summed E-state index contributed by atoms with van der Waals surface area (Å²) in [4.78, 5) is 1.32. The van der Waals surface area contributed by atoms with Crippen LogP contribution in [0.4, 0.5) is 0 Å². The molecule has 0 fully saturated rings. The van der Waals surface area contributed by atoms with E-state index < -0.39 is 0 Å². The fraction of sp³-hybridized carbons (Fsp3) is 0.333. The molecule has 2 aromatic rings. The predicted octanol–water partition coefficient (Wildman–Crippen LogP) is 4.86. The van der Waals surface area contributed by atoms with Crippen LogP contribution in [-0.2, 0) is 0 Å². The van der Waals surface area contributed by atoms with Crippen LogP contribution < -0.4 is 5.73 Å². The van der Waals surface area contributed by atoms with Crippen LogP contribution in [0.5, 0.6) is 0 Å². The highest BCUT2D eigenvalue weighted by Crippen LogP contribution is 2.50. The normalized spacial score (nSPS) is 25.4. The molecule has 104 valence electrons. The second-order valence-corrected chi connectivity index (χ2v) is 7.07. The fourth-order valence-electron chi connectivity index (χ4n) is 2.93. The maximum absolute atomic E-state index is 6.58. The van der Waals surface area contributed by atoms with Gasteiger partial charge in [-0.05, 0) is 34.1 Å². The van der Waals surface area contributed by atoms with Crippen LogP contribution >= 0.6 is 11.3 Å². The number of benzene rings is 1. The highest BCUT2D eigenvalue weighted by Gasteiger charge is 2.40. The second-order valence-electron chi connectivity index (χ2n) is 6.12. The first kappa shape index (κ1) is 13.6. The Balaban J connectivity index is 2.22. The molecule has 2 heteroatoms. The Labute approximate surface area is 125 Å². The third-order valence-electron chi connectivity index (χ3n) is 4.72. The van der Waals surface area contributed by atoms with Crippen LogP contribution in [0.2, 0.25) is 0 Å². The van der Waals surface area contributed by atoms with Crippen molar-refractivity contribution in [3.05, 3.63) is 63.9 Å². The van der Waals surface area contributed by atoms with E-state index in [2.05, 4.69) is 68.6 Å². The molecule has 0 saturated carbocycles. The first-order chi connectivity index (χ1) is 9.54.